The molecule has 1 N–H and O–H groups in total. The van der Waals surface area contributed by atoms with Crippen molar-refractivity contribution < 1.29 is 14.3 Å². The van der Waals surface area contributed by atoms with Crippen LogP contribution in [0, 0.1) is 0 Å². The number of nitrogens with one attached hydrogen (secondary N) is 1. The predicted molar refractivity (Wildman–Crippen MR) is 74.1 cm³/mol. The van der Waals surface area contributed by atoms with E-state index in [-0.39, 0.29) is 11.9 Å². The summed E-state index contributed by atoms with van der Waals surface area (Å²) in [5.41, 5.74) is 1.15. The predicted octanol–water partition coefficient (Wildman–Crippen LogP) is 2.98. The second-order valence-electron chi connectivity index (χ2n) is 3.76. The van der Waals surface area contributed by atoms with E-state index in [1.54, 1.807) is 24.3 Å². The second kappa shape index (κ2) is 7.87. The van der Waals surface area contributed by atoms with Gasteiger partial charge in [0.1, 0.15) is 0 Å². The summed E-state index contributed by atoms with van der Waals surface area (Å²) in [7, 11) is 1.34. The molecule has 1 aromatic rings. The minimum Gasteiger partial charge on any atom is -0.465 e. The van der Waals surface area contributed by atoms with Crippen molar-refractivity contribution in [2.75, 3.05) is 17.8 Å². The molecule has 5 heteroatoms. The number of esters is 1. The smallest absolute Gasteiger partial charge is 0.337 e. The van der Waals surface area contributed by atoms with Crippen molar-refractivity contribution in [2.24, 2.45) is 0 Å². The Bertz CT molecular complexity index is 403. The molecule has 98 valence electrons. The van der Waals surface area contributed by atoms with E-state index in [2.05, 4.69) is 26.0 Å². The number of alkyl halides is 1. The van der Waals surface area contributed by atoms with Crippen LogP contribution in [-0.2, 0) is 9.53 Å². The van der Waals surface area contributed by atoms with Gasteiger partial charge in [0, 0.05) is 17.4 Å². The van der Waals surface area contributed by atoms with Gasteiger partial charge in [-0.25, -0.2) is 4.79 Å². The van der Waals surface area contributed by atoms with Crippen molar-refractivity contribution in [1.29, 1.82) is 0 Å². The van der Waals surface area contributed by atoms with Crippen LogP contribution in [0.5, 0.6) is 0 Å². The molecular weight excluding hydrogens is 298 g/mol. The average molecular weight is 314 g/mol. The first kappa shape index (κ1) is 14.7. The maximum absolute atomic E-state index is 11.5. The number of unbranched alkanes of at least 4 members (excludes halogenated alkanes) is 1. The van der Waals surface area contributed by atoms with Gasteiger partial charge in [-0.2, -0.15) is 0 Å². The van der Waals surface area contributed by atoms with Gasteiger partial charge in [0.25, 0.3) is 0 Å². The van der Waals surface area contributed by atoms with Crippen molar-refractivity contribution in [3.63, 3.8) is 0 Å². The zero-order chi connectivity index (χ0) is 13.4. The van der Waals surface area contributed by atoms with E-state index in [0.717, 1.165) is 18.2 Å². The fourth-order valence-corrected chi connectivity index (χ4v) is 1.81. The van der Waals surface area contributed by atoms with E-state index >= 15 is 0 Å². The van der Waals surface area contributed by atoms with E-state index in [1.165, 1.54) is 7.11 Å². The molecule has 4 nitrogen and oxygen atoms in total. The van der Waals surface area contributed by atoms with Crippen LogP contribution in [0.2, 0.25) is 0 Å². The van der Waals surface area contributed by atoms with E-state index < -0.39 is 0 Å². The molecule has 0 bridgehead atoms. The molecule has 0 aromatic heterocycles. The Morgan fingerprint density at radius 2 is 1.89 bits per heavy atom. The third-order valence-corrected chi connectivity index (χ3v) is 2.94. The average Bonchev–Trinajstić information content (AvgIpc) is 2.39. The van der Waals surface area contributed by atoms with Crippen LogP contribution in [0.3, 0.4) is 0 Å². The van der Waals surface area contributed by atoms with Crippen LogP contribution >= 0.6 is 15.9 Å². The number of carbonyl (C=O) groups is 2. The Hall–Kier alpha value is -1.36. The molecule has 1 amide bonds. The molecule has 18 heavy (non-hydrogen) atoms. The van der Waals surface area contributed by atoms with Crippen LogP contribution in [0.25, 0.3) is 0 Å². The molecule has 0 saturated carbocycles. The molecule has 0 fully saturated rings. The molecule has 0 atom stereocenters. The van der Waals surface area contributed by atoms with Gasteiger partial charge in [-0.05, 0) is 37.1 Å². The van der Waals surface area contributed by atoms with Crippen molar-refractivity contribution in [1.82, 2.24) is 0 Å². The van der Waals surface area contributed by atoms with Gasteiger partial charge in [0.15, 0.2) is 0 Å². The van der Waals surface area contributed by atoms with Gasteiger partial charge < -0.3 is 10.1 Å². The fourth-order valence-electron chi connectivity index (χ4n) is 1.41. The van der Waals surface area contributed by atoms with Crippen molar-refractivity contribution in [2.45, 2.75) is 19.3 Å². The van der Waals surface area contributed by atoms with Crippen LogP contribution in [0.4, 0.5) is 5.69 Å². The van der Waals surface area contributed by atoms with Gasteiger partial charge in [-0.3, -0.25) is 4.79 Å². The lowest BCUT2D eigenvalue weighted by Gasteiger charge is -2.05. The second-order valence-corrected chi connectivity index (χ2v) is 4.56. The van der Waals surface area contributed by atoms with Gasteiger partial charge in [-0.15, -0.1) is 0 Å². The number of halogens is 1. The highest BCUT2D eigenvalue weighted by atomic mass is 79.9. The SMILES string of the molecule is COC(=O)c1ccc(NC(=O)CCCCBr)cc1. The zero-order valence-electron chi connectivity index (χ0n) is 10.2. The highest BCUT2D eigenvalue weighted by Crippen LogP contribution is 2.11. The first-order valence-electron chi connectivity index (χ1n) is 5.71. The zero-order valence-corrected chi connectivity index (χ0v) is 11.8. The molecule has 0 aliphatic carbocycles. The third-order valence-electron chi connectivity index (χ3n) is 2.38. The van der Waals surface area contributed by atoms with Gasteiger partial charge in [0.2, 0.25) is 5.91 Å². The maximum Gasteiger partial charge on any atom is 0.337 e. The maximum atomic E-state index is 11.5. The summed E-state index contributed by atoms with van der Waals surface area (Å²) in [6, 6.07) is 6.63. The van der Waals surface area contributed by atoms with Crippen LogP contribution < -0.4 is 5.32 Å². The van der Waals surface area contributed by atoms with Crippen molar-refractivity contribution in [3.8, 4) is 0 Å². The minimum atomic E-state index is -0.384. The Kier molecular flexibility index (Phi) is 6.43. The van der Waals surface area contributed by atoms with Gasteiger partial charge in [0.05, 0.1) is 12.7 Å². The van der Waals surface area contributed by atoms with Crippen molar-refractivity contribution >= 4 is 33.5 Å². The highest BCUT2D eigenvalue weighted by Gasteiger charge is 2.06. The largest absolute Gasteiger partial charge is 0.465 e. The summed E-state index contributed by atoms with van der Waals surface area (Å²) in [6.45, 7) is 0. The summed E-state index contributed by atoms with van der Waals surface area (Å²) in [6.07, 6.45) is 2.34. The normalized spacial score (nSPS) is 9.89. The summed E-state index contributed by atoms with van der Waals surface area (Å²) in [5, 5.41) is 3.69. The number of benzene rings is 1. The van der Waals surface area contributed by atoms with Gasteiger partial charge >= 0.3 is 5.97 Å². The topological polar surface area (TPSA) is 55.4 Å². The summed E-state index contributed by atoms with van der Waals surface area (Å²) >= 11 is 3.32. The molecule has 0 radical (unpaired) electrons. The number of amides is 1. The lowest BCUT2D eigenvalue weighted by atomic mass is 10.2. The number of ether oxygens (including phenoxy) is 1. The van der Waals surface area contributed by atoms with E-state index in [1.807, 2.05) is 0 Å². The Labute approximate surface area is 115 Å². The third kappa shape index (κ3) is 4.87. The Balaban J connectivity index is 2.48. The standard InChI is InChI=1S/C13H16BrNO3/c1-18-13(17)10-5-7-11(8-6-10)15-12(16)4-2-3-9-14/h5-8H,2-4,9H2,1H3,(H,15,16). The first-order chi connectivity index (χ1) is 8.67. The summed E-state index contributed by atoms with van der Waals surface area (Å²) in [5.74, 6) is -0.396. The first-order valence-corrected chi connectivity index (χ1v) is 6.83. The molecule has 1 aromatic carbocycles. The lowest BCUT2D eigenvalue weighted by Crippen LogP contribution is -2.11. The molecule has 0 aliphatic heterocycles. The fraction of sp³-hybridized carbons (Fsp3) is 0.385. The molecule has 0 unspecified atom stereocenters. The van der Waals surface area contributed by atoms with Gasteiger partial charge in [-0.1, -0.05) is 15.9 Å². The number of hydrogen-bond acceptors (Lipinski definition) is 3. The van der Waals surface area contributed by atoms with Crippen LogP contribution in [0.15, 0.2) is 24.3 Å². The number of carbonyl (C=O) groups excluding carboxylic acids is 2. The van der Waals surface area contributed by atoms with Crippen LogP contribution in [0.1, 0.15) is 29.6 Å². The summed E-state index contributed by atoms with van der Waals surface area (Å²) in [4.78, 5) is 22.8. The van der Waals surface area contributed by atoms with Crippen molar-refractivity contribution in [3.05, 3.63) is 29.8 Å². The Morgan fingerprint density at radius 1 is 1.22 bits per heavy atom. The highest BCUT2D eigenvalue weighted by molar-refractivity contribution is 9.09. The van der Waals surface area contributed by atoms with Crippen LogP contribution in [-0.4, -0.2) is 24.3 Å². The van der Waals surface area contributed by atoms with E-state index in [0.29, 0.717) is 17.7 Å². The van der Waals surface area contributed by atoms with E-state index in [4.69, 9.17) is 0 Å². The molecule has 0 spiro atoms. The quantitative estimate of drug-likeness (QED) is 0.499. The number of anilines is 1. The number of methoxy groups -OCH3 is 1. The molecule has 0 aliphatic rings. The molecule has 0 heterocycles. The number of rotatable bonds is 6. The molecule has 0 saturated heterocycles. The number of hydrogen-bond donors (Lipinski definition) is 1. The summed E-state index contributed by atoms with van der Waals surface area (Å²) < 4.78 is 4.59. The monoisotopic (exact) mass is 313 g/mol. The lowest BCUT2D eigenvalue weighted by molar-refractivity contribution is -0.116. The molecular formula is C13H16BrNO3. The Morgan fingerprint density at radius 3 is 2.44 bits per heavy atom. The minimum absolute atomic E-state index is 0.0123. The van der Waals surface area contributed by atoms with E-state index in [9.17, 15) is 9.59 Å². The molecule has 1 rings (SSSR count).